The molecule has 5 nitrogen and oxygen atoms in total. The molecule has 1 aliphatic rings. The first kappa shape index (κ1) is 25.5. The number of rotatable bonds is 6. The Morgan fingerprint density at radius 1 is 1.06 bits per heavy atom. The molecule has 1 aliphatic heterocycles. The molecule has 1 saturated heterocycles. The van der Waals surface area contributed by atoms with Crippen LogP contribution >= 0.6 is 0 Å². The number of aliphatic hydroxyl groups excluding tert-OH is 1. The van der Waals surface area contributed by atoms with Crippen molar-refractivity contribution in [3.05, 3.63) is 65.2 Å². The molecule has 0 aromatic heterocycles. The summed E-state index contributed by atoms with van der Waals surface area (Å²) in [6.07, 6.45) is -2.51. The lowest BCUT2D eigenvalue weighted by Crippen LogP contribution is -2.39. The Balaban J connectivity index is 1.69. The molecule has 1 atom stereocenters. The van der Waals surface area contributed by atoms with Gasteiger partial charge in [-0.2, -0.15) is 13.2 Å². The molecule has 8 heteroatoms. The van der Waals surface area contributed by atoms with Crippen LogP contribution in [-0.4, -0.2) is 35.9 Å². The smallest absolute Gasteiger partial charge is 0.416 e. The Labute approximate surface area is 196 Å². The van der Waals surface area contributed by atoms with E-state index in [1.54, 1.807) is 30.3 Å². The lowest BCUT2D eigenvalue weighted by Gasteiger charge is -2.25. The highest BCUT2D eigenvalue weighted by Gasteiger charge is 2.44. The highest BCUT2D eigenvalue weighted by molar-refractivity contribution is 5.96. The fourth-order valence-electron chi connectivity index (χ4n) is 3.56. The van der Waals surface area contributed by atoms with Crippen molar-refractivity contribution in [3.63, 3.8) is 0 Å². The van der Waals surface area contributed by atoms with E-state index < -0.39 is 35.9 Å². The van der Waals surface area contributed by atoms with Gasteiger partial charge in [-0.25, -0.2) is 4.79 Å². The number of benzene rings is 2. The Morgan fingerprint density at radius 2 is 1.62 bits per heavy atom. The molecule has 1 fully saturated rings. The first-order valence-electron chi connectivity index (χ1n) is 10.8. The highest BCUT2D eigenvalue weighted by atomic mass is 19.4. The Kier molecular flexibility index (Phi) is 7.21. The zero-order valence-electron chi connectivity index (χ0n) is 19.2. The molecule has 3 rings (SSSR count). The third-order valence-electron chi connectivity index (χ3n) is 5.34. The van der Waals surface area contributed by atoms with Gasteiger partial charge < -0.3 is 14.6 Å². The summed E-state index contributed by atoms with van der Waals surface area (Å²) in [5, 5.41) is 9.83. The molecule has 0 amide bonds. The zero-order valence-corrected chi connectivity index (χ0v) is 19.2. The maximum Gasteiger partial charge on any atom is 0.416 e. The van der Waals surface area contributed by atoms with E-state index in [1.807, 2.05) is 20.8 Å². The lowest BCUT2D eigenvalue weighted by molar-refractivity contribution is -0.167. The molecule has 0 radical (unpaired) electrons. The van der Waals surface area contributed by atoms with Gasteiger partial charge in [-0.15, -0.1) is 0 Å². The minimum absolute atomic E-state index is 0.0752. The van der Waals surface area contributed by atoms with E-state index in [2.05, 4.69) is 0 Å². The van der Waals surface area contributed by atoms with E-state index in [4.69, 9.17) is 9.47 Å². The zero-order chi connectivity index (χ0) is 25.1. The number of carbonyl (C=O) groups is 2. The number of esters is 2. The average molecular weight is 476 g/mol. The summed E-state index contributed by atoms with van der Waals surface area (Å²) in [6, 6.07) is 11.8. The minimum Gasteiger partial charge on any atom is -0.461 e. The first-order chi connectivity index (χ1) is 15.8. The number of ether oxygens (including phenoxy) is 2. The molecule has 0 bridgehead atoms. The van der Waals surface area contributed by atoms with Gasteiger partial charge in [0, 0.05) is 12.0 Å². The van der Waals surface area contributed by atoms with Gasteiger partial charge >= 0.3 is 18.1 Å². The van der Waals surface area contributed by atoms with E-state index in [-0.39, 0.29) is 24.9 Å². The molecular weight excluding hydrogens is 449 g/mol. The van der Waals surface area contributed by atoms with E-state index in [0.29, 0.717) is 16.7 Å². The second kappa shape index (κ2) is 9.62. The van der Waals surface area contributed by atoms with Gasteiger partial charge in [0.2, 0.25) is 0 Å². The third-order valence-corrected chi connectivity index (χ3v) is 5.34. The van der Waals surface area contributed by atoms with E-state index in [0.717, 1.165) is 17.7 Å². The maximum atomic E-state index is 12.7. The molecule has 0 aliphatic carbocycles. The standard InChI is InChI=1S/C26H27F3O5/c1-24(2,3)14-22(31)33-16-25(15-30)13-20(23(32)34-25)12-17-4-6-18(7-5-17)19-8-10-21(11-9-19)26(27,28)29/h4-12,30H,13-16H2,1-3H3/b20-12+. The second-order valence-electron chi connectivity index (χ2n) is 9.67. The number of carbonyl (C=O) groups excluding carboxylic acids is 2. The first-order valence-corrected chi connectivity index (χ1v) is 10.8. The number of halogens is 3. The van der Waals surface area contributed by atoms with Gasteiger partial charge in [0.15, 0.2) is 5.60 Å². The Hall–Kier alpha value is -3.13. The van der Waals surface area contributed by atoms with Crippen molar-refractivity contribution < 1.29 is 37.3 Å². The van der Waals surface area contributed by atoms with Crippen molar-refractivity contribution in [3.8, 4) is 11.1 Å². The molecule has 1 N–H and O–H groups in total. The van der Waals surface area contributed by atoms with Gasteiger partial charge in [0.25, 0.3) is 0 Å². The summed E-state index contributed by atoms with van der Waals surface area (Å²) in [4.78, 5) is 24.4. The molecule has 2 aromatic carbocycles. The summed E-state index contributed by atoms with van der Waals surface area (Å²) >= 11 is 0. The van der Waals surface area contributed by atoms with E-state index in [9.17, 15) is 27.9 Å². The summed E-state index contributed by atoms with van der Waals surface area (Å²) in [6.45, 7) is 4.96. The van der Waals surface area contributed by atoms with Crippen LogP contribution in [0.25, 0.3) is 17.2 Å². The van der Waals surface area contributed by atoms with Gasteiger partial charge in [-0.1, -0.05) is 57.2 Å². The second-order valence-corrected chi connectivity index (χ2v) is 9.67. The largest absolute Gasteiger partial charge is 0.461 e. The maximum absolute atomic E-state index is 12.7. The van der Waals surface area contributed by atoms with Crippen LogP contribution in [0, 0.1) is 5.41 Å². The lowest BCUT2D eigenvalue weighted by atomic mass is 9.92. The monoisotopic (exact) mass is 476 g/mol. The Morgan fingerprint density at radius 3 is 2.12 bits per heavy atom. The van der Waals surface area contributed by atoms with E-state index >= 15 is 0 Å². The molecule has 34 heavy (non-hydrogen) atoms. The van der Waals surface area contributed by atoms with Crippen molar-refractivity contribution in [2.24, 2.45) is 5.41 Å². The molecule has 0 spiro atoms. The van der Waals surface area contributed by atoms with Crippen molar-refractivity contribution in [1.82, 2.24) is 0 Å². The molecule has 182 valence electrons. The normalized spacial score (nSPS) is 19.9. The van der Waals surface area contributed by atoms with Gasteiger partial charge in [0.1, 0.15) is 6.61 Å². The van der Waals surface area contributed by atoms with Crippen LogP contribution in [0.15, 0.2) is 54.1 Å². The van der Waals surface area contributed by atoms with E-state index in [1.165, 1.54) is 12.1 Å². The molecule has 0 saturated carbocycles. The number of aliphatic hydroxyl groups is 1. The van der Waals surface area contributed by atoms with Gasteiger partial charge in [-0.05, 0) is 40.3 Å². The van der Waals surface area contributed by atoms with Gasteiger partial charge in [0.05, 0.1) is 18.6 Å². The number of cyclic esters (lactones) is 1. The van der Waals surface area contributed by atoms with Crippen LogP contribution in [0.4, 0.5) is 13.2 Å². The van der Waals surface area contributed by atoms with Crippen LogP contribution in [0.1, 0.15) is 44.7 Å². The predicted octanol–water partition coefficient (Wildman–Crippen LogP) is 5.41. The minimum atomic E-state index is -4.39. The number of hydrogen-bond acceptors (Lipinski definition) is 5. The van der Waals surface area contributed by atoms with Crippen LogP contribution in [-0.2, 0) is 25.2 Å². The number of hydrogen-bond donors (Lipinski definition) is 1. The summed E-state index contributed by atoms with van der Waals surface area (Å²) < 4.78 is 48.9. The van der Waals surface area contributed by atoms with Crippen molar-refractivity contribution >= 4 is 18.0 Å². The average Bonchev–Trinajstić information content (AvgIpc) is 3.07. The highest BCUT2D eigenvalue weighted by Crippen LogP contribution is 2.34. The molecule has 1 unspecified atom stereocenters. The quantitative estimate of drug-likeness (QED) is 0.446. The fraction of sp³-hybridized carbons (Fsp3) is 0.385. The summed E-state index contributed by atoms with van der Waals surface area (Å²) in [5.74, 6) is -1.04. The summed E-state index contributed by atoms with van der Waals surface area (Å²) in [7, 11) is 0. The van der Waals surface area contributed by atoms with Crippen LogP contribution in [0.5, 0.6) is 0 Å². The van der Waals surface area contributed by atoms with Crippen molar-refractivity contribution in [2.45, 2.75) is 45.4 Å². The SMILES string of the molecule is CC(C)(C)CC(=O)OCC1(CO)C/C(=C\c2ccc(-c3ccc(C(F)(F)F)cc3)cc2)C(=O)O1. The number of alkyl halides is 3. The molecule has 2 aromatic rings. The summed E-state index contributed by atoms with van der Waals surface area (Å²) in [5.41, 5.74) is 0.0617. The predicted molar refractivity (Wildman–Crippen MR) is 120 cm³/mol. The van der Waals surface area contributed by atoms with Crippen LogP contribution in [0.2, 0.25) is 0 Å². The topological polar surface area (TPSA) is 72.8 Å². The van der Waals surface area contributed by atoms with Crippen molar-refractivity contribution in [2.75, 3.05) is 13.2 Å². The van der Waals surface area contributed by atoms with Crippen LogP contribution < -0.4 is 0 Å². The fourth-order valence-corrected chi connectivity index (χ4v) is 3.56. The van der Waals surface area contributed by atoms with Crippen molar-refractivity contribution in [1.29, 1.82) is 0 Å². The molecular formula is C26H27F3O5. The Bertz CT molecular complexity index is 1060. The van der Waals surface area contributed by atoms with Gasteiger partial charge in [-0.3, -0.25) is 4.79 Å². The molecule has 1 heterocycles. The third kappa shape index (κ3) is 6.47. The van der Waals surface area contributed by atoms with Crippen LogP contribution in [0.3, 0.4) is 0 Å².